The van der Waals surface area contributed by atoms with E-state index in [-0.39, 0.29) is 23.3 Å². The number of aromatic nitrogens is 2. The molecule has 1 aromatic heterocycles. The lowest BCUT2D eigenvalue weighted by Crippen LogP contribution is -2.30. The number of fused-ring (bicyclic) bond motifs is 1. The third-order valence-electron chi connectivity index (χ3n) is 5.60. The van der Waals surface area contributed by atoms with Crippen molar-refractivity contribution in [3.8, 4) is 5.75 Å². The Morgan fingerprint density at radius 3 is 2.94 bits per heavy atom. The SMILES string of the molecule is COc1cccc(CN(C)C(=O)CSc2nc3cc(Cl)ccc3c(=O)n2CC2CCCO2)c1. The molecule has 0 spiro atoms. The van der Waals surface area contributed by atoms with E-state index in [9.17, 15) is 9.59 Å². The van der Waals surface area contributed by atoms with Crippen molar-refractivity contribution < 1.29 is 14.3 Å². The highest BCUT2D eigenvalue weighted by Crippen LogP contribution is 2.23. The highest BCUT2D eigenvalue weighted by molar-refractivity contribution is 7.99. The molecule has 1 unspecified atom stereocenters. The number of benzene rings is 2. The van der Waals surface area contributed by atoms with E-state index >= 15 is 0 Å². The molecule has 1 amide bonds. The number of carbonyl (C=O) groups excluding carboxylic acids is 1. The van der Waals surface area contributed by atoms with E-state index in [0.29, 0.717) is 40.8 Å². The molecule has 1 aliphatic heterocycles. The van der Waals surface area contributed by atoms with Gasteiger partial charge in [-0.2, -0.15) is 0 Å². The van der Waals surface area contributed by atoms with E-state index in [2.05, 4.69) is 4.98 Å². The standard InChI is InChI=1S/C24H26ClN3O4S/c1-27(13-16-5-3-6-18(11-16)31-2)22(29)15-33-24-26-21-12-17(25)8-9-20(21)23(30)28(24)14-19-7-4-10-32-19/h3,5-6,8-9,11-12,19H,4,7,10,13-15H2,1-2H3. The van der Waals surface area contributed by atoms with Crippen LogP contribution in [0.15, 0.2) is 52.4 Å². The van der Waals surface area contributed by atoms with E-state index in [1.807, 2.05) is 24.3 Å². The van der Waals surface area contributed by atoms with Gasteiger partial charge >= 0.3 is 0 Å². The zero-order valence-corrected chi connectivity index (χ0v) is 20.2. The van der Waals surface area contributed by atoms with Crippen molar-refractivity contribution in [3.05, 3.63) is 63.4 Å². The Labute approximate surface area is 201 Å². The highest BCUT2D eigenvalue weighted by atomic mass is 35.5. The Morgan fingerprint density at radius 1 is 1.33 bits per heavy atom. The molecule has 9 heteroatoms. The van der Waals surface area contributed by atoms with E-state index in [0.717, 1.165) is 24.2 Å². The lowest BCUT2D eigenvalue weighted by Gasteiger charge is -2.19. The van der Waals surface area contributed by atoms with Gasteiger partial charge in [-0.15, -0.1) is 0 Å². The fourth-order valence-electron chi connectivity index (χ4n) is 3.81. The lowest BCUT2D eigenvalue weighted by molar-refractivity contribution is -0.127. The number of methoxy groups -OCH3 is 1. The van der Waals surface area contributed by atoms with Gasteiger partial charge in [0.25, 0.3) is 5.56 Å². The second-order valence-corrected chi connectivity index (χ2v) is 9.38. The predicted molar refractivity (Wildman–Crippen MR) is 130 cm³/mol. The van der Waals surface area contributed by atoms with Gasteiger partial charge in [-0.3, -0.25) is 14.2 Å². The second kappa shape index (κ2) is 10.6. The number of amides is 1. The molecule has 1 fully saturated rings. The summed E-state index contributed by atoms with van der Waals surface area (Å²) in [7, 11) is 3.37. The van der Waals surface area contributed by atoms with Crippen molar-refractivity contribution in [3.63, 3.8) is 0 Å². The van der Waals surface area contributed by atoms with Gasteiger partial charge < -0.3 is 14.4 Å². The van der Waals surface area contributed by atoms with Crippen LogP contribution < -0.4 is 10.3 Å². The smallest absolute Gasteiger partial charge is 0.262 e. The summed E-state index contributed by atoms with van der Waals surface area (Å²) in [5, 5.41) is 1.51. The van der Waals surface area contributed by atoms with Crippen molar-refractivity contribution >= 4 is 40.2 Å². The van der Waals surface area contributed by atoms with E-state index in [1.54, 1.807) is 41.8 Å². The summed E-state index contributed by atoms with van der Waals surface area (Å²) < 4.78 is 12.6. The van der Waals surface area contributed by atoms with Gasteiger partial charge in [0.15, 0.2) is 5.16 Å². The van der Waals surface area contributed by atoms with Crippen LogP contribution in [0.5, 0.6) is 5.75 Å². The molecule has 33 heavy (non-hydrogen) atoms. The van der Waals surface area contributed by atoms with Crippen molar-refractivity contribution in [1.82, 2.24) is 14.5 Å². The molecule has 174 valence electrons. The van der Waals surface area contributed by atoms with Gasteiger partial charge in [0, 0.05) is 25.2 Å². The van der Waals surface area contributed by atoms with Crippen molar-refractivity contribution in [2.45, 2.75) is 37.2 Å². The monoisotopic (exact) mass is 487 g/mol. The second-order valence-electron chi connectivity index (χ2n) is 8.00. The van der Waals surface area contributed by atoms with Crippen LogP contribution in [-0.2, 0) is 22.6 Å². The molecule has 0 bridgehead atoms. The fraction of sp³-hybridized carbons (Fsp3) is 0.375. The van der Waals surface area contributed by atoms with E-state index < -0.39 is 0 Å². The van der Waals surface area contributed by atoms with Gasteiger partial charge in [0.1, 0.15) is 5.75 Å². The number of thioether (sulfide) groups is 1. The van der Waals surface area contributed by atoms with Crippen molar-refractivity contribution in [2.75, 3.05) is 26.5 Å². The number of ether oxygens (including phenoxy) is 2. The van der Waals surface area contributed by atoms with E-state index in [4.69, 9.17) is 21.1 Å². The minimum atomic E-state index is -0.146. The van der Waals surface area contributed by atoms with Gasteiger partial charge in [-0.1, -0.05) is 35.5 Å². The third kappa shape index (κ3) is 5.69. The van der Waals surface area contributed by atoms with Crippen molar-refractivity contribution in [2.24, 2.45) is 0 Å². The lowest BCUT2D eigenvalue weighted by atomic mass is 10.2. The number of halogens is 1. The van der Waals surface area contributed by atoms with Crippen LogP contribution in [0.1, 0.15) is 18.4 Å². The molecule has 1 aliphatic rings. The number of hydrogen-bond donors (Lipinski definition) is 0. The molecule has 1 atom stereocenters. The normalized spacial score (nSPS) is 15.7. The highest BCUT2D eigenvalue weighted by Gasteiger charge is 2.21. The van der Waals surface area contributed by atoms with Crippen LogP contribution in [-0.4, -0.2) is 53.0 Å². The van der Waals surface area contributed by atoms with Gasteiger partial charge in [-0.05, 0) is 48.7 Å². The van der Waals surface area contributed by atoms with Crippen LogP contribution in [0.2, 0.25) is 5.02 Å². The summed E-state index contributed by atoms with van der Waals surface area (Å²) in [5.41, 5.74) is 1.35. The summed E-state index contributed by atoms with van der Waals surface area (Å²) >= 11 is 7.38. The Kier molecular flexibility index (Phi) is 7.57. The number of rotatable bonds is 8. The average Bonchev–Trinajstić information content (AvgIpc) is 3.32. The van der Waals surface area contributed by atoms with Crippen LogP contribution in [0.3, 0.4) is 0 Å². The number of hydrogen-bond acceptors (Lipinski definition) is 6. The maximum absolute atomic E-state index is 13.2. The molecule has 2 heterocycles. The Morgan fingerprint density at radius 2 is 2.18 bits per heavy atom. The molecular formula is C24H26ClN3O4S. The maximum Gasteiger partial charge on any atom is 0.262 e. The summed E-state index contributed by atoms with van der Waals surface area (Å²) in [4.78, 5) is 32.4. The topological polar surface area (TPSA) is 73.7 Å². The number of nitrogens with zero attached hydrogens (tertiary/aromatic N) is 3. The molecule has 3 aromatic rings. The minimum Gasteiger partial charge on any atom is -0.497 e. The maximum atomic E-state index is 13.2. The summed E-state index contributed by atoms with van der Waals surface area (Å²) in [6.07, 6.45) is 1.85. The van der Waals surface area contributed by atoms with Crippen LogP contribution >= 0.6 is 23.4 Å². The average molecular weight is 488 g/mol. The predicted octanol–water partition coefficient (Wildman–Crippen LogP) is 3.99. The first-order chi connectivity index (χ1) is 15.9. The molecule has 7 nitrogen and oxygen atoms in total. The van der Waals surface area contributed by atoms with Crippen molar-refractivity contribution in [1.29, 1.82) is 0 Å². The quantitative estimate of drug-likeness (QED) is 0.353. The number of carbonyl (C=O) groups is 1. The molecule has 2 aromatic carbocycles. The Bertz CT molecular complexity index is 1210. The first-order valence-electron chi connectivity index (χ1n) is 10.8. The zero-order chi connectivity index (χ0) is 23.4. The molecule has 0 radical (unpaired) electrons. The molecule has 0 N–H and O–H groups in total. The summed E-state index contributed by atoms with van der Waals surface area (Å²) in [6.45, 7) is 1.58. The van der Waals surface area contributed by atoms with E-state index in [1.165, 1.54) is 11.8 Å². The van der Waals surface area contributed by atoms with Crippen LogP contribution in [0.25, 0.3) is 10.9 Å². The molecular weight excluding hydrogens is 462 g/mol. The molecule has 4 rings (SSSR count). The molecule has 0 aliphatic carbocycles. The molecule has 0 saturated carbocycles. The third-order valence-corrected chi connectivity index (χ3v) is 6.79. The Balaban J connectivity index is 1.53. The summed E-state index contributed by atoms with van der Waals surface area (Å²) in [5.74, 6) is 0.844. The Hall–Kier alpha value is -2.55. The van der Waals surface area contributed by atoms with Gasteiger partial charge in [0.2, 0.25) is 5.91 Å². The largest absolute Gasteiger partial charge is 0.497 e. The zero-order valence-electron chi connectivity index (χ0n) is 18.6. The minimum absolute atomic E-state index is 0.0277. The first-order valence-corrected chi connectivity index (χ1v) is 12.1. The van der Waals surface area contributed by atoms with Gasteiger partial charge in [-0.25, -0.2) is 4.98 Å². The van der Waals surface area contributed by atoms with Crippen LogP contribution in [0, 0.1) is 0 Å². The van der Waals surface area contributed by atoms with Gasteiger partial charge in [0.05, 0.1) is 36.4 Å². The first kappa shape index (κ1) is 23.6. The summed E-state index contributed by atoms with van der Waals surface area (Å²) in [6, 6.07) is 12.7. The molecule has 1 saturated heterocycles. The fourth-order valence-corrected chi connectivity index (χ4v) is 4.92. The van der Waals surface area contributed by atoms with Crippen LogP contribution in [0.4, 0.5) is 0 Å².